The number of nitrogens with zero attached hydrogens (tertiary/aromatic N) is 3. The molecule has 1 aromatic carbocycles. The highest BCUT2D eigenvalue weighted by Crippen LogP contribution is 2.18. The summed E-state index contributed by atoms with van der Waals surface area (Å²) in [6, 6.07) is 4.54. The minimum absolute atomic E-state index is 0.0966. The summed E-state index contributed by atoms with van der Waals surface area (Å²) < 4.78 is 14.7. The average molecular weight is 260 g/mol. The molecule has 2 aromatic rings. The van der Waals surface area contributed by atoms with E-state index < -0.39 is 5.82 Å². The Morgan fingerprint density at radius 1 is 1.31 bits per heavy atom. The van der Waals surface area contributed by atoms with Crippen LogP contribution in [0.15, 0.2) is 18.2 Å². The average Bonchev–Trinajstić information content (AvgIpc) is 2.55. The topological polar surface area (TPSA) is 30.7 Å². The number of benzene rings is 1. The number of halogens is 3. The van der Waals surface area contributed by atoms with Crippen molar-refractivity contribution in [3.8, 4) is 0 Å². The lowest BCUT2D eigenvalue weighted by Gasteiger charge is -2.06. The Balaban J connectivity index is 2.31. The van der Waals surface area contributed by atoms with Gasteiger partial charge in [0.1, 0.15) is 11.6 Å². The van der Waals surface area contributed by atoms with Crippen LogP contribution < -0.4 is 0 Å². The van der Waals surface area contributed by atoms with E-state index in [0.29, 0.717) is 17.7 Å². The molecule has 84 valence electrons. The van der Waals surface area contributed by atoms with Crippen molar-refractivity contribution in [3.63, 3.8) is 0 Å². The van der Waals surface area contributed by atoms with Gasteiger partial charge in [0.25, 0.3) is 0 Å². The molecule has 0 spiro atoms. The summed E-state index contributed by atoms with van der Waals surface area (Å²) in [5.74, 6) is 0.266. The van der Waals surface area contributed by atoms with Gasteiger partial charge in [-0.2, -0.15) is 0 Å². The third kappa shape index (κ3) is 2.18. The van der Waals surface area contributed by atoms with Crippen LogP contribution in [0, 0.1) is 12.7 Å². The largest absolute Gasteiger partial charge is 0.298 e. The second-order valence-corrected chi connectivity index (χ2v) is 4.10. The predicted octanol–water partition coefficient (Wildman–Crippen LogP) is 3.08. The van der Waals surface area contributed by atoms with E-state index in [4.69, 9.17) is 23.2 Å². The molecule has 1 heterocycles. The van der Waals surface area contributed by atoms with Crippen LogP contribution in [0.5, 0.6) is 0 Å². The molecule has 0 unspecified atom stereocenters. The molecule has 0 saturated heterocycles. The summed E-state index contributed by atoms with van der Waals surface area (Å²) in [5, 5.41) is 7.95. The monoisotopic (exact) mass is 259 g/mol. The molecule has 6 heteroatoms. The molecule has 0 aliphatic heterocycles. The normalized spacial score (nSPS) is 10.8. The first kappa shape index (κ1) is 11.4. The van der Waals surface area contributed by atoms with Crippen LogP contribution >= 0.6 is 23.2 Å². The fourth-order valence-corrected chi connectivity index (χ4v) is 1.78. The maximum Gasteiger partial charge on any atom is 0.225 e. The fraction of sp³-hybridized carbons (Fsp3) is 0.200. The van der Waals surface area contributed by atoms with Crippen LogP contribution in [-0.2, 0) is 6.54 Å². The Morgan fingerprint density at radius 3 is 2.62 bits per heavy atom. The second kappa shape index (κ2) is 4.39. The Hall–Kier alpha value is -1.13. The molecule has 0 N–H and O–H groups in total. The van der Waals surface area contributed by atoms with E-state index in [1.807, 2.05) is 0 Å². The lowest BCUT2D eigenvalue weighted by Crippen LogP contribution is -2.02. The van der Waals surface area contributed by atoms with Gasteiger partial charge in [0.2, 0.25) is 5.28 Å². The lowest BCUT2D eigenvalue weighted by molar-refractivity contribution is 0.626. The zero-order valence-corrected chi connectivity index (χ0v) is 9.93. The molecular weight excluding hydrogens is 252 g/mol. The van der Waals surface area contributed by atoms with Gasteiger partial charge >= 0.3 is 0 Å². The summed E-state index contributed by atoms with van der Waals surface area (Å²) in [6.07, 6.45) is 0. The molecule has 3 nitrogen and oxygen atoms in total. The molecule has 0 atom stereocenters. The predicted molar refractivity (Wildman–Crippen MR) is 60.3 cm³/mol. The molecule has 16 heavy (non-hydrogen) atoms. The summed E-state index contributed by atoms with van der Waals surface area (Å²) in [7, 11) is 0. The molecular formula is C10H8Cl2FN3. The molecule has 0 aliphatic carbocycles. The van der Waals surface area contributed by atoms with Crippen molar-refractivity contribution in [2.45, 2.75) is 13.5 Å². The molecule has 0 bridgehead atoms. The van der Waals surface area contributed by atoms with Crippen molar-refractivity contribution >= 4 is 23.2 Å². The zero-order valence-electron chi connectivity index (χ0n) is 8.41. The van der Waals surface area contributed by atoms with Crippen molar-refractivity contribution < 1.29 is 4.39 Å². The van der Waals surface area contributed by atoms with Crippen molar-refractivity contribution in [2.24, 2.45) is 0 Å². The first-order chi connectivity index (χ1) is 7.58. The van der Waals surface area contributed by atoms with E-state index in [1.165, 1.54) is 6.07 Å². The highest BCUT2D eigenvalue weighted by molar-refractivity contribution is 6.30. The van der Waals surface area contributed by atoms with Crippen molar-refractivity contribution in [3.05, 3.63) is 45.7 Å². The third-order valence-corrected chi connectivity index (χ3v) is 2.78. The molecule has 0 amide bonds. The highest BCUT2D eigenvalue weighted by atomic mass is 35.5. The Bertz CT molecular complexity index is 505. The SMILES string of the molecule is Cc1nnc(Cl)n1Cc1ccc(F)c(Cl)c1. The first-order valence-corrected chi connectivity index (χ1v) is 5.33. The number of aryl methyl sites for hydroxylation is 1. The fourth-order valence-electron chi connectivity index (χ4n) is 1.36. The summed E-state index contributed by atoms with van der Waals surface area (Å²) in [4.78, 5) is 0. The van der Waals surface area contributed by atoms with E-state index in [-0.39, 0.29) is 5.02 Å². The van der Waals surface area contributed by atoms with Crippen molar-refractivity contribution in [1.29, 1.82) is 0 Å². The number of hydrogen-bond donors (Lipinski definition) is 0. The summed E-state index contributed by atoms with van der Waals surface area (Å²) in [6.45, 7) is 2.27. The van der Waals surface area contributed by atoms with Crippen LogP contribution in [0.25, 0.3) is 0 Å². The van der Waals surface area contributed by atoms with Gasteiger partial charge in [0.05, 0.1) is 11.6 Å². The van der Waals surface area contributed by atoms with E-state index in [0.717, 1.165) is 5.56 Å². The van der Waals surface area contributed by atoms with Crippen LogP contribution in [-0.4, -0.2) is 14.8 Å². The van der Waals surface area contributed by atoms with E-state index >= 15 is 0 Å². The van der Waals surface area contributed by atoms with Crippen molar-refractivity contribution in [2.75, 3.05) is 0 Å². The van der Waals surface area contributed by atoms with Crippen molar-refractivity contribution in [1.82, 2.24) is 14.8 Å². The van der Waals surface area contributed by atoms with Gasteiger partial charge in [-0.25, -0.2) is 4.39 Å². The molecule has 1 aromatic heterocycles. The minimum Gasteiger partial charge on any atom is -0.298 e. The maximum atomic E-state index is 12.9. The first-order valence-electron chi connectivity index (χ1n) is 4.57. The van der Waals surface area contributed by atoms with Crippen LogP contribution in [0.4, 0.5) is 4.39 Å². The lowest BCUT2D eigenvalue weighted by atomic mass is 10.2. The molecule has 2 rings (SSSR count). The summed E-state index contributed by atoms with van der Waals surface area (Å²) >= 11 is 11.5. The molecule has 0 aliphatic rings. The van der Waals surface area contributed by atoms with Gasteiger partial charge in [-0.15, -0.1) is 10.2 Å². The second-order valence-electron chi connectivity index (χ2n) is 3.35. The standard InChI is InChI=1S/C10H8Cl2FN3/c1-6-14-15-10(12)16(6)5-7-2-3-9(13)8(11)4-7/h2-4H,5H2,1H3. The quantitative estimate of drug-likeness (QED) is 0.830. The Kier molecular flexibility index (Phi) is 3.12. The molecule has 0 saturated carbocycles. The Morgan fingerprint density at radius 2 is 2.06 bits per heavy atom. The molecule has 0 radical (unpaired) electrons. The molecule has 0 fully saturated rings. The van der Waals surface area contributed by atoms with Gasteiger partial charge in [0.15, 0.2) is 0 Å². The van der Waals surface area contributed by atoms with E-state index in [1.54, 1.807) is 23.6 Å². The number of rotatable bonds is 2. The number of hydrogen-bond acceptors (Lipinski definition) is 2. The van der Waals surface area contributed by atoms with Gasteiger partial charge < -0.3 is 0 Å². The van der Waals surface area contributed by atoms with Crippen LogP contribution in [0.3, 0.4) is 0 Å². The zero-order chi connectivity index (χ0) is 11.7. The van der Waals surface area contributed by atoms with E-state index in [9.17, 15) is 4.39 Å². The summed E-state index contributed by atoms with van der Waals surface area (Å²) in [5.41, 5.74) is 0.844. The minimum atomic E-state index is -0.433. The third-order valence-electron chi connectivity index (χ3n) is 2.22. The van der Waals surface area contributed by atoms with Gasteiger partial charge in [0, 0.05) is 0 Å². The van der Waals surface area contributed by atoms with E-state index in [2.05, 4.69) is 10.2 Å². The van der Waals surface area contributed by atoms with Gasteiger partial charge in [-0.05, 0) is 36.2 Å². The Labute approximate surface area is 102 Å². The smallest absolute Gasteiger partial charge is 0.225 e. The van der Waals surface area contributed by atoms with Crippen LogP contribution in [0.1, 0.15) is 11.4 Å². The maximum absolute atomic E-state index is 12.9. The number of aromatic nitrogens is 3. The van der Waals surface area contributed by atoms with Crippen LogP contribution in [0.2, 0.25) is 10.3 Å². The highest BCUT2D eigenvalue weighted by Gasteiger charge is 2.08. The van der Waals surface area contributed by atoms with Gasteiger partial charge in [-0.1, -0.05) is 17.7 Å². The van der Waals surface area contributed by atoms with Gasteiger partial charge in [-0.3, -0.25) is 4.57 Å².